The lowest BCUT2D eigenvalue weighted by Crippen LogP contribution is -2.06. The van der Waals surface area contributed by atoms with Gasteiger partial charge < -0.3 is 10.1 Å². The van der Waals surface area contributed by atoms with Crippen molar-refractivity contribution in [3.63, 3.8) is 0 Å². The first kappa shape index (κ1) is 19.7. The Kier molecular flexibility index (Phi) is 5.29. The molecule has 7 heteroatoms. The number of nitrogens with zero attached hydrogens (tertiary/aromatic N) is 1. The Labute approximate surface area is 175 Å². The minimum Gasteiger partial charge on any atom is -0.497 e. The van der Waals surface area contributed by atoms with Gasteiger partial charge in [0.05, 0.1) is 29.6 Å². The van der Waals surface area contributed by atoms with Gasteiger partial charge in [-0.1, -0.05) is 42.0 Å². The zero-order valence-corrected chi connectivity index (χ0v) is 17.4. The van der Waals surface area contributed by atoms with Crippen LogP contribution in [0.25, 0.3) is 11.3 Å². The standard InChI is InChI=1S/C23H21N3O3S/c1-16-7-9-17(10-8-16)23-22(15-24-26-23)30(27,28)21-6-4-3-5-20(21)25-18-11-13-19(29-2)14-12-18/h3-15,25H,1-2H3,(H,24,26). The second-order valence-corrected chi connectivity index (χ2v) is 8.71. The summed E-state index contributed by atoms with van der Waals surface area (Å²) in [5, 5.41) is 10.0. The molecule has 1 heterocycles. The van der Waals surface area contributed by atoms with Crippen LogP contribution < -0.4 is 10.1 Å². The third kappa shape index (κ3) is 3.79. The summed E-state index contributed by atoms with van der Waals surface area (Å²) in [7, 11) is -2.23. The minimum atomic E-state index is -3.83. The molecular formula is C23H21N3O3S. The highest BCUT2D eigenvalue weighted by Crippen LogP contribution is 2.34. The number of aromatic nitrogens is 2. The number of hydrogen-bond acceptors (Lipinski definition) is 5. The molecule has 0 atom stereocenters. The number of sulfone groups is 1. The summed E-state index contributed by atoms with van der Waals surface area (Å²) in [5.74, 6) is 0.725. The molecule has 6 nitrogen and oxygen atoms in total. The van der Waals surface area contributed by atoms with Gasteiger partial charge in [0.2, 0.25) is 9.84 Å². The van der Waals surface area contributed by atoms with E-state index in [4.69, 9.17) is 4.74 Å². The Balaban J connectivity index is 1.74. The van der Waals surface area contributed by atoms with Crippen molar-refractivity contribution >= 4 is 21.2 Å². The van der Waals surface area contributed by atoms with Crippen LogP contribution in [0.5, 0.6) is 5.75 Å². The van der Waals surface area contributed by atoms with Crippen molar-refractivity contribution in [1.82, 2.24) is 10.2 Å². The van der Waals surface area contributed by atoms with Crippen molar-refractivity contribution in [3.8, 4) is 17.0 Å². The fourth-order valence-electron chi connectivity index (χ4n) is 3.16. The molecule has 0 unspecified atom stereocenters. The number of benzene rings is 3. The van der Waals surface area contributed by atoms with Gasteiger partial charge in [0.1, 0.15) is 10.6 Å². The number of para-hydroxylation sites is 1. The Bertz CT molecular complexity index is 1260. The number of H-pyrrole nitrogens is 1. The molecule has 152 valence electrons. The average molecular weight is 420 g/mol. The largest absolute Gasteiger partial charge is 0.497 e. The van der Waals surface area contributed by atoms with E-state index in [1.165, 1.54) is 6.20 Å². The lowest BCUT2D eigenvalue weighted by Gasteiger charge is -2.13. The third-order valence-electron chi connectivity index (χ3n) is 4.78. The van der Waals surface area contributed by atoms with Gasteiger partial charge in [-0.2, -0.15) is 5.10 Å². The number of aryl methyl sites for hydroxylation is 1. The number of hydrogen-bond donors (Lipinski definition) is 2. The topological polar surface area (TPSA) is 84.1 Å². The molecular weight excluding hydrogens is 398 g/mol. The molecule has 0 amide bonds. The highest BCUT2D eigenvalue weighted by atomic mass is 32.2. The van der Waals surface area contributed by atoms with Crippen molar-refractivity contribution in [3.05, 3.63) is 84.6 Å². The van der Waals surface area contributed by atoms with E-state index in [9.17, 15) is 8.42 Å². The van der Waals surface area contributed by atoms with Crippen LogP contribution in [0.4, 0.5) is 11.4 Å². The summed E-state index contributed by atoms with van der Waals surface area (Å²) >= 11 is 0. The predicted molar refractivity (Wildman–Crippen MR) is 117 cm³/mol. The van der Waals surface area contributed by atoms with E-state index < -0.39 is 9.84 Å². The summed E-state index contributed by atoms with van der Waals surface area (Å²) < 4.78 is 32.3. The zero-order valence-electron chi connectivity index (χ0n) is 16.6. The fourth-order valence-corrected chi connectivity index (χ4v) is 4.69. The molecule has 1 aromatic heterocycles. The lowest BCUT2D eigenvalue weighted by molar-refractivity contribution is 0.415. The van der Waals surface area contributed by atoms with Crippen LogP contribution in [0.3, 0.4) is 0 Å². The monoisotopic (exact) mass is 419 g/mol. The molecule has 0 spiro atoms. The second-order valence-electron chi connectivity index (χ2n) is 6.83. The molecule has 4 aromatic rings. The van der Waals surface area contributed by atoms with Crippen molar-refractivity contribution in [2.45, 2.75) is 16.7 Å². The third-order valence-corrected chi connectivity index (χ3v) is 6.60. The Hall–Kier alpha value is -3.58. The fraction of sp³-hybridized carbons (Fsp3) is 0.0870. The second kappa shape index (κ2) is 8.04. The number of rotatable bonds is 6. The highest BCUT2D eigenvalue weighted by molar-refractivity contribution is 7.91. The van der Waals surface area contributed by atoms with Crippen LogP contribution >= 0.6 is 0 Å². The summed E-state index contributed by atoms with van der Waals surface area (Å²) in [6.07, 6.45) is 1.36. The van der Waals surface area contributed by atoms with Gasteiger partial charge in [0.15, 0.2) is 0 Å². The van der Waals surface area contributed by atoms with Gasteiger partial charge in [-0.15, -0.1) is 0 Å². The quantitative estimate of drug-likeness (QED) is 0.461. The minimum absolute atomic E-state index is 0.135. The van der Waals surface area contributed by atoms with Crippen LogP contribution in [0.1, 0.15) is 5.56 Å². The highest BCUT2D eigenvalue weighted by Gasteiger charge is 2.26. The van der Waals surface area contributed by atoms with Crippen LogP contribution in [-0.2, 0) is 9.84 Å². The van der Waals surface area contributed by atoms with Gasteiger partial charge in [-0.05, 0) is 43.3 Å². The van der Waals surface area contributed by atoms with Gasteiger partial charge in [0, 0.05) is 11.3 Å². The Morgan fingerprint density at radius 2 is 1.60 bits per heavy atom. The number of anilines is 2. The number of methoxy groups -OCH3 is 1. The van der Waals surface area contributed by atoms with E-state index in [-0.39, 0.29) is 9.79 Å². The van der Waals surface area contributed by atoms with Crippen molar-refractivity contribution < 1.29 is 13.2 Å². The molecule has 0 aliphatic rings. The summed E-state index contributed by atoms with van der Waals surface area (Å²) in [6.45, 7) is 1.98. The van der Waals surface area contributed by atoms with Crippen LogP contribution in [0, 0.1) is 6.92 Å². The average Bonchev–Trinajstić information content (AvgIpc) is 3.26. The lowest BCUT2D eigenvalue weighted by atomic mass is 10.1. The molecule has 0 radical (unpaired) electrons. The molecule has 0 fully saturated rings. The molecule has 0 saturated heterocycles. The summed E-state index contributed by atoms with van der Waals surface area (Å²) in [6, 6.07) is 21.7. The SMILES string of the molecule is COc1ccc(Nc2ccccc2S(=O)(=O)c2cn[nH]c2-c2ccc(C)cc2)cc1. The predicted octanol–water partition coefficient (Wildman–Crippen LogP) is 4.97. The van der Waals surface area contributed by atoms with E-state index in [1.54, 1.807) is 31.4 Å². The van der Waals surface area contributed by atoms with E-state index in [1.807, 2.05) is 55.5 Å². The maximum atomic E-state index is 13.5. The van der Waals surface area contributed by atoms with Crippen LogP contribution in [0.15, 0.2) is 88.8 Å². The van der Waals surface area contributed by atoms with Gasteiger partial charge in [0.25, 0.3) is 0 Å². The number of nitrogens with one attached hydrogen (secondary N) is 2. The Morgan fingerprint density at radius 1 is 0.900 bits per heavy atom. The van der Waals surface area contributed by atoms with Crippen LogP contribution in [-0.4, -0.2) is 25.7 Å². The van der Waals surface area contributed by atoms with Gasteiger partial charge in [-0.3, -0.25) is 5.10 Å². The molecule has 0 aliphatic heterocycles. The van der Waals surface area contributed by atoms with E-state index in [0.29, 0.717) is 11.4 Å². The maximum Gasteiger partial charge on any atom is 0.212 e. The summed E-state index contributed by atoms with van der Waals surface area (Å²) in [4.78, 5) is 0.311. The van der Waals surface area contributed by atoms with Crippen molar-refractivity contribution in [2.24, 2.45) is 0 Å². The molecule has 0 saturated carbocycles. The van der Waals surface area contributed by atoms with E-state index in [0.717, 1.165) is 22.6 Å². The smallest absolute Gasteiger partial charge is 0.212 e. The molecule has 30 heavy (non-hydrogen) atoms. The molecule has 0 aliphatic carbocycles. The number of ether oxygens (including phenoxy) is 1. The zero-order chi connectivity index (χ0) is 21.1. The van der Waals surface area contributed by atoms with Gasteiger partial charge >= 0.3 is 0 Å². The maximum absolute atomic E-state index is 13.5. The Morgan fingerprint density at radius 3 is 2.30 bits per heavy atom. The number of aromatic amines is 1. The molecule has 4 rings (SSSR count). The normalized spacial score (nSPS) is 11.3. The van der Waals surface area contributed by atoms with E-state index >= 15 is 0 Å². The van der Waals surface area contributed by atoms with E-state index in [2.05, 4.69) is 15.5 Å². The molecule has 0 bridgehead atoms. The molecule has 2 N–H and O–H groups in total. The molecule has 3 aromatic carbocycles. The van der Waals surface area contributed by atoms with Crippen molar-refractivity contribution in [2.75, 3.05) is 12.4 Å². The summed E-state index contributed by atoms with van der Waals surface area (Å²) in [5.41, 5.74) is 3.56. The van der Waals surface area contributed by atoms with Gasteiger partial charge in [-0.25, -0.2) is 8.42 Å². The first-order chi connectivity index (χ1) is 14.5. The van der Waals surface area contributed by atoms with Crippen LogP contribution in [0.2, 0.25) is 0 Å². The first-order valence-electron chi connectivity index (χ1n) is 9.34. The first-order valence-corrected chi connectivity index (χ1v) is 10.8. The van der Waals surface area contributed by atoms with Crippen molar-refractivity contribution in [1.29, 1.82) is 0 Å².